The third-order valence-electron chi connectivity index (χ3n) is 3.14. The van der Waals surface area contributed by atoms with Crippen molar-refractivity contribution in [3.8, 4) is 28.5 Å². The van der Waals surface area contributed by atoms with E-state index in [1.54, 1.807) is 18.2 Å². The summed E-state index contributed by atoms with van der Waals surface area (Å²) >= 11 is 0. The van der Waals surface area contributed by atoms with Crippen LogP contribution in [-0.4, -0.2) is 11.1 Å². The molecule has 2 N–H and O–H groups in total. The van der Waals surface area contributed by atoms with Crippen molar-refractivity contribution >= 4 is 6.09 Å². The fourth-order valence-corrected chi connectivity index (χ4v) is 2.16. The van der Waals surface area contributed by atoms with E-state index in [2.05, 4.69) is 4.98 Å². The maximum Gasteiger partial charge on any atom is 0.411 e. The predicted octanol–water partition coefficient (Wildman–Crippen LogP) is 4.14. The molecule has 2 aromatic carbocycles. The van der Waals surface area contributed by atoms with Crippen molar-refractivity contribution in [2.45, 2.75) is 0 Å². The van der Waals surface area contributed by atoms with E-state index >= 15 is 0 Å². The SMILES string of the molecule is NC(=O)Oc1ncc(Oc2cccc(F)c2)cc1-c1ccccc1. The summed E-state index contributed by atoms with van der Waals surface area (Å²) in [4.78, 5) is 15.1. The van der Waals surface area contributed by atoms with Gasteiger partial charge < -0.3 is 15.2 Å². The van der Waals surface area contributed by atoms with E-state index in [-0.39, 0.29) is 5.88 Å². The van der Waals surface area contributed by atoms with E-state index < -0.39 is 11.9 Å². The van der Waals surface area contributed by atoms with Gasteiger partial charge in [-0.3, -0.25) is 0 Å². The fraction of sp³-hybridized carbons (Fsp3) is 0. The van der Waals surface area contributed by atoms with Crippen LogP contribution in [0.25, 0.3) is 11.1 Å². The Kier molecular flexibility index (Phi) is 4.38. The highest BCUT2D eigenvalue weighted by Gasteiger charge is 2.13. The minimum atomic E-state index is -0.960. The summed E-state index contributed by atoms with van der Waals surface area (Å²) in [6.45, 7) is 0. The van der Waals surface area contributed by atoms with Gasteiger partial charge in [-0.15, -0.1) is 0 Å². The van der Waals surface area contributed by atoms with E-state index in [4.69, 9.17) is 15.2 Å². The molecule has 1 amide bonds. The largest absolute Gasteiger partial charge is 0.456 e. The highest BCUT2D eigenvalue weighted by atomic mass is 19.1. The topological polar surface area (TPSA) is 74.4 Å². The second-order valence-corrected chi connectivity index (χ2v) is 4.87. The van der Waals surface area contributed by atoms with Crippen LogP contribution in [0, 0.1) is 5.82 Å². The molecule has 3 rings (SSSR count). The molecule has 5 nitrogen and oxygen atoms in total. The van der Waals surface area contributed by atoms with Crippen LogP contribution < -0.4 is 15.2 Å². The summed E-state index contributed by atoms with van der Waals surface area (Å²) in [6.07, 6.45) is 0.411. The number of nitrogens with zero attached hydrogens (tertiary/aromatic N) is 1. The van der Waals surface area contributed by atoms with Gasteiger partial charge in [-0.2, -0.15) is 0 Å². The number of hydrogen-bond acceptors (Lipinski definition) is 4. The van der Waals surface area contributed by atoms with Crippen LogP contribution in [0.5, 0.6) is 17.4 Å². The fourth-order valence-electron chi connectivity index (χ4n) is 2.16. The average molecular weight is 324 g/mol. The molecule has 0 saturated carbocycles. The number of benzene rings is 2. The van der Waals surface area contributed by atoms with E-state index in [1.807, 2.05) is 30.3 Å². The van der Waals surface area contributed by atoms with Crippen LogP contribution in [-0.2, 0) is 0 Å². The minimum Gasteiger partial charge on any atom is -0.456 e. The zero-order valence-corrected chi connectivity index (χ0v) is 12.5. The smallest absolute Gasteiger partial charge is 0.411 e. The number of halogens is 1. The van der Waals surface area contributed by atoms with Gasteiger partial charge in [0.2, 0.25) is 5.88 Å². The quantitative estimate of drug-likeness (QED) is 0.783. The first-order valence-corrected chi connectivity index (χ1v) is 7.08. The molecular formula is C18H13FN2O3. The van der Waals surface area contributed by atoms with Gasteiger partial charge in [0.1, 0.15) is 17.3 Å². The molecule has 0 aliphatic carbocycles. The number of rotatable bonds is 4. The molecule has 0 unspecified atom stereocenters. The Morgan fingerprint density at radius 3 is 2.50 bits per heavy atom. The molecular weight excluding hydrogens is 311 g/mol. The van der Waals surface area contributed by atoms with Gasteiger partial charge in [-0.25, -0.2) is 14.2 Å². The lowest BCUT2D eigenvalue weighted by atomic mass is 10.1. The van der Waals surface area contributed by atoms with Gasteiger partial charge in [0.05, 0.1) is 6.20 Å². The first-order chi connectivity index (χ1) is 11.6. The van der Waals surface area contributed by atoms with Crippen molar-refractivity contribution in [2.75, 3.05) is 0 Å². The zero-order valence-electron chi connectivity index (χ0n) is 12.5. The predicted molar refractivity (Wildman–Crippen MR) is 86.4 cm³/mol. The van der Waals surface area contributed by atoms with Crippen molar-refractivity contribution in [3.05, 3.63) is 72.7 Å². The van der Waals surface area contributed by atoms with Gasteiger partial charge in [-0.05, 0) is 23.8 Å². The number of primary amides is 1. The maximum atomic E-state index is 13.3. The van der Waals surface area contributed by atoms with E-state index in [1.165, 1.54) is 18.3 Å². The molecule has 0 radical (unpaired) electrons. The lowest BCUT2D eigenvalue weighted by Crippen LogP contribution is -2.17. The number of carbonyl (C=O) groups excluding carboxylic acids is 1. The van der Waals surface area contributed by atoms with Gasteiger partial charge in [0, 0.05) is 11.6 Å². The number of carbonyl (C=O) groups is 1. The second kappa shape index (κ2) is 6.78. The van der Waals surface area contributed by atoms with Crippen LogP contribution in [0.3, 0.4) is 0 Å². The summed E-state index contributed by atoms with van der Waals surface area (Å²) < 4.78 is 23.8. The van der Waals surface area contributed by atoms with E-state index in [9.17, 15) is 9.18 Å². The monoisotopic (exact) mass is 324 g/mol. The molecule has 24 heavy (non-hydrogen) atoms. The Morgan fingerprint density at radius 2 is 1.79 bits per heavy atom. The average Bonchev–Trinajstić information content (AvgIpc) is 2.57. The Morgan fingerprint density at radius 1 is 1.00 bits per heavy atom. The Labute approximate surface area is 137 Å². The molecule has 0 fully saturated rings. The Bertz CT molecular complexity index is 869. The molecule has 0 bridgehead atoms. The minimum absolute atomic E-state index is 0.0697. The number of aromatic nitrogens is 1. The molecule has 6 heteroatoms. The lowest BCUT2D eigenvalue weighted by molar-refractivity contribution is 0.209. The Balaban J connectivity index is 1.99. The third kappa shape index (κ3) is 3.67. The summed E-state index contributed by atoms with van der Waals surface area (Å²) in [5, 5.41) is 0. The van der Waals surface area contributed by atoms with Gasteiger partial charge in [-0.1, -0.05) is 36.4 Å². The van der Waals surface area contributed by atoms with Crippen molar-refractivity contribution < 1.29 is 18.7 Å². The van der Waals surface area contributed by atoms with E-state index in [0.29, 0.717) is 17.1 Å². The molecule has 0 aliphatic rings. The molecule has 0 spiro atoms. The summed E-state index contributed by atoms with van der Waals surface area (Å²) in [5.74, 6) is 0.369. The van der Waals surface area contributed by atoms with Gasteiger partial charge in [0.25, 0.3) is 0 Å². The molecule has 0 aliphatic heterocycles. The van der Waals surface area contributed by atoms with Crippen molar-refractivity contribution in [2.24, 2.45) is 5.73 Å². The van der Waals surface area contributed by atoms with Crippen molar-refractivity contribution in [1.82, 2.24) is 4.98 Å². The van der Waals surface area contributed by atoms with Crippen LogP contribution in [0.4, 0.5) is 9.18 Å². The van der Waals surface area contributed by atoms with Gasteiger partial charge >= 0.3 is 6.09 Å². The molecule has 120 valence electrons. The molecule has 1 aromatic heterocycles. The van der Waals surface area contributed by atoms with Crippen LogP contribution >= 0.6 is 0 Å². The molecule has 0 atom stereocenters. The molecule has 1 heterocycles. The van der Waals surface area contributed by atoms with Crippen LogP contribution in [0.1, 0.15) is 0 Å². The third-order valence-corrected chi connectivity index (χ3v) is 3.14. The Hall–Kier alpha value is -3.41. The van der Waals surface area contributed by atoms with Gasteiger partial charge in [0.15, 0.2) is 0 Å². The van der Waals surface area contributed by atoms with Crippen LogP contribution in [0.2, 0.25) is 0 Å². The maximum absolute atomic E-state index is 13.3. The zero-order chi connectivity index (χ0) is 16.9. The standard InChI is InChI=1S/C18H13FN2O3/c19-13-7-4-8-14(9-13)23-15-10-16(12-5-2-1-3-6-12)17(21-11-15)24-18(20)22/h1-11H,(H2,20,22). The highest BCUT2D eigenvalue weighted by Crippen LogP contribution is 2.33. The number of amides is 1. The lowest BCUT2D eigenvalue weighted by Gasteiger charge is -2.11. The number of pyridine rings is 1. The molecule has 0 saturated heterocycles. The van der Waals surface area contributed by atoms with Crippen molar-refractivity contribution in [3.63, 3.8) is 0 Å². The molecule has 3 aromatic rings. The normalized spacial score (nSPS) is 10.2. The number of nitrogens with two attached hydrogens (primary N) is 1. The summed E-state index contributed by atoms with van der Waals surface area (Å²) in [5.41, 5.74) is 6.38. The van der Waals surface area contributed by atoms with Crippen LogP contribution in [0.15, 0.2) is 66.9 Å². The first-order valence-electron chi connectivity index (χ1n) is 7.08. The van der Waals surface area contributed by atoms with E-state index in [0.717, 1.165) is 5.56 Å². The summed E-state index contributed by atoms with van der Waals surface area (Å²) in [7, 11) is 0. The summed E-state index contributed by atoms with van der Waals surface area (Å²) in [6, 6.07) is 16.6. The second-order valence-electron chi connectivity index (χ2n) is 4.87. The number of hydrogen-bond donors (Lipinski definition) is 1. The first kappa shape index (κ1) is 15.5. The highest BCUT2D eigenvalue weighted by molar-refractivity contribution is 5.75. The van der Waals surface area contributed by atoms with Crippen molar-refractivity contribution in [1.29, 1.82) is 0 Å². The number of ether oxygens (including phenoxy) is 2.